The van der Waals surface area contributed by atoms with Gasteiger partial charge in [-0.3, -0.25) is 19.0 Å². The second-order valence-corrected chi connectivity index (χ2v) is 8.88. The number of nitrogens with one attached hydrogen (secondary N) is 1. The molecule has 2 fully saturated rings. The Hall–Kier alpha value is -3.18. The first-order valence-corrected chi connectivity index (χ1v) is 11.1. The number of rotatable bonds is 7. The molecule has 2 aromatic rings. The minimum atomic E-state index is -0.717. The van der Waals surface area contributed by atoms with Crippen molar-refractivity contribution in [3.05, 3.63) is 33.8 Å². The van der Waals surface area contributed by atoms with E-state index in [4.69, 9.17) is 4.74 Å². The lowest BCUT2D eigenvalue weighted by Crippen LogP contribution is -2.46. The second kappa shape index (κ2) is 9.36. The van der Waals surface area contributed by atoms with Crippen molar-refractivity contribution in [1.29, 1.82) is 0 Å². The number of aliphatic hydroxyl groups is 1. The van der Waals surface area contributed by atoms with E-state index in [0.29, 0.717) is 30.9 Å². The molecule has 178 valence electrons. The first-order chi connectivity index (χ1) is 15.8. The molecule has 1 atom stereocenters. The number of aromatic hydroxyl groups is 1. The number of amides is 2. The number of hydrogen-bond donors (Lipinski definition) is 3. The summed E-state index contributed by atoms with van der Waals surface area (Å²) in [5, 5.41) is 27.1. The van der Waals surface area contributed by atoms with Gasteiger partial charge >= 0.3 is 0 Å². The van der Waals surface area contributed by atoms with Gasteiger partial charge in [0.1, 0.15) is 5.65 Å². The molecule has 0 aromatic carbocycles. The first-order valence-electron chi connectivity index (χ1n) is 11.1. The summed E-state index contributed by atoms with van der Waals surface area (Å²) in [7, 11) is 0. The molecule has 2 aliphatic rings. The molecule has 0 bridgehead atoms. The summed E-state index contributed by atoms with van der Waals surface area (Å²) in [6.45, 7) is 5.10. The quantitative estimate of drug-likeness (QED) is 0.495. The topological polar surface area (TPSA) is 138 Å². The van der Waals surface area contributed by atoms with E-state index in [0.717, 1.165) is 17.4 Å². The third-order valence-electron chi connectivity index (χ3n) is 5.66. The number of aliphatic hydroxyl groups excluding tert-OH is 1. The average Bonchev–Trinajstić information content (AvgIpc) is 3.50. The first kappa shape index (κ1) is 23.0. The minimum Gasteiger partial charge on any atom is -0.494 e. The van der Waals surface area contributed by atoms with E-state index >= 15 is 0 Å². The maximum absolute atomic E-state index is 13.0. The van der Waals surface area contributed by atoms with Crippen LogP contribution in [0.2, 0.25) is 0 Å². The van der Waals surface area contributed by atoms with E-state index in [2.05, 4.69) is 10.4 Å². The molecule has 33 heavy (non-hydrogen) atoms. The van der Waals surface area contributed by atoms with Crippen LogP contribution in [0.5, 0.6) is 5.88 Å². The summed E-state index contributed by atoms with van der Waals surface area (Å²) in [5.74, 6) is -1.20. The summed E-state index contributed by atoms with van der Waals surface area (Å²) >= 11 is 0. The van der Waals surface area contributed by atoms with E-state index < -0.39 is 23.5 Å². The van der Waals surface area contributed by atoms with Crippen LogP contribution in [0.1, 0.15) is 42.6 Å². The Kier molecular flexibility index (Phi) is 6.52. The lowest BCUT2D eigenvalue weighted by molar-refractivity contribution is -0.134. The van der Waals surface area contributed by atoms with Gasteiger partial charge in [-0.25, -0.2) is 0 Å². The fourth-order valence-electron chi connectivity index (χ4n) is 3.85. The number of carbonyl (C=O) groups excluding carboxylic acids is 2. The van der Waals surface area contributed by atoms with Gasteiger partial charge in [0.2, 0.25) is 11.8 Å². The van der Waals surface area contributed by atoms with Gasteiger partial charge in [-0.2, -0.15) is 9.61 Å². The van der Waals surface area contributed by atoms with Gasteiger partial charge in [-0.05, 0) is 24.8 Å². The third kappa shape index (κ3) is 4.79. The molecule has 1 aliphatic carbocycles. The maximum Gasteiger partial charge on any atom is 0.291 e. The van der Waals surface area contributed by atoms with Crippen molar-refractivity contribution < 1.29 is 24.5 Å². The zero-order valence-corrected chi connectivity index (χ0v) is 18.7. The number of aromatic nitrogens is 3. The zero-order valence-electron chi connectivity index (χ0n) is 18.7. The van der Waals surface area contributed by atoms with Crippen molar-refractivity contribution in [3.63, 3.8) is 0 Å². The molecule has 3 N–H and O–H groups in total. The standard InChI is InChI=1S/C22H29N5O6/c1-13(2)10-26-20-14(3-6-17(29)25-7-8-33-16(11-25)12-28)9-23-27(20)22(32)18(21(26)31)19(30)24-15-4-5-15/h3,6,9,13,15-16,28,31H,4-5,7-8,10-12H2,1-2H3,(H,24,30)/b6-3+/t16-/m0/s1. The molecule has 11 nitrogen and oxygen atoms in total. The van der Waals surface area contributed by atoms with Crippen molar-refractivity contribution in [3.8, 4) is 5.88 Å². The number of nitrogens with zero attached hydrogens (tertiary/aromatic N) is 4. The Morgan fingerprint density at radius 3 is 2.79 bits per heavy atom. The smallest absolute Gasteiger partial charge is 0.291 e. The predicted molar refractivity (Wildman–Crippen MR) is 119 cm³/mol. The highest BCUT2D eigenvalue weighted by Crippen LogP contribution is 2.24. The fourth-order valence-corrected chi connectivity index (χ4v) is 3.85. The van der Waals surface area contributed by atoms with E-state index in [1.165, 1.54) is 22.9 Å². The number of fused-ring (bicyclic) bond motifs is 1. The second-order valence-electron chi connectivity index (χ2n) is 8.88. The normalized spacial score (nSPS) is 19.0. The van der Waals surface area contributed by atoms with Crippen LogP contribution in [-0.4, -0.2) is 79.6 Å². The van der Waals surface area contributed by atoms with Crippen LogP contribution >= 0.6 is 0 Å². The number of morpholine rings is 1. The molecule has 11 heteroatoms. The highest BCUT2D eigenvalue weighted by Gasteiger charge is 2.30. The van der Waals surface area contributed by atoms with Gasteiger partial charge in [-0.15, -0.1) is 0 Å². The minimum absolute atomic E-state index is 0.0262. The van der Waals surface area contributed by atoms with Crippen molar-refractivity contribution in [2.45, 2.75) is 45.4 Å². The van der Waals surface area contributed by atoms with Crippen molar-refractivity contribution in [1.82, 2.24) is 24.4 Å². The number of ether oxygens (including phenoxy) is 1. The van der Waals surface area contributed by atoms with E-state index in [1.807, 2.05) is 13.8 Å². The molecule has 1 saturated heterocycles. The molecule has 3 heterocycles. The van der Waals surface area contributed by atoms with Crippen LogP contribution in [0.15, 0.2) is 17.1 Å². The van der Waals surface area contributed by atoms with Crippen molar-refractivity contribution in [2.75, 3.05) is 26.3 Å². The molecule has 2 amide bonds. The third-order valence-corrected chi connectivity index (χ3v) is 5.66. The van der Waals surface area contributed by atoms with Crippen LogP contribution in [0.4, 0.5) is 0 Å². The van der Waals surface area contributed by atoms with Gasteiger partial charge in [0.05, 0.1) is 25.5 Å². The van der Waals surface area contributed by atoms with Crippen LogP contribution < -0.4 is 10.9 Å². The van der Waals surface area contributed by atoms with E-state index in [1.54, 1.807) is 4.90 Å². The van der Waals surface area contributed by atoms with Crippen LogP contribution in [0.3, 0.4) is 0 Å². The Morgan fingerprint density at radius 2 is 2.12 bits per heavy atom. The SMILES string of the molecule is CC(C)Cn1c(O)c(C(=O)NC2CC2)c(=O)n2ncc(/C=C/C(=O)N3CCO[C@H](CO)C3)c12. The molecule has 1 saturated carbocycles. The molecular formula is C22H29N5O6. The Bertz CT molecular complexity index is 1150. The van der Waals surface area contributed by atoms with Crippen molar-refractivity contribution >= 4 is 23.5 Å². The van der Waals surface area contributed by atoms with Gasteiger partial charge in [0.15, 0.2) is 5.56 Å². The Morgan fingerprint density at radius 1 is 1.36 bits per heavy atom. The van der Waals surface area contributed by atoms with Crippen molar-refractivity contribution in [2.24, 2.45) is 5.92 Å². The lowest BCUT2D eigenvalue weighted by atomic mass is 10.2. The zero-order chi connectivity index (χ0) is 23.7. The van der Waals surface area contributed by atoms with E-state index in [9.17, 15) is 24.6 Å². The molecular weight excluding hydrogens is 430 g/mol. The summed E-state index contributed by atoms with van der Waals surface area (Å²) in [4.78, 5) is 39.9. The highest BCUT2D eigenvalue weighted by molar-refractivity contribution is 5.97. The fraction of sp³-hybridized carbons (Fsp3) is 0.545. The van der Waals surface area contributed by atoms with Crippen LogP contribution in [0.25, 0.3) is 11.7 Å². The largest absolute Gasteiger partial charge is 0.494 e. The van der Waals surface area contributed by atoms with Crippen LogP contribution in [0, 0.1) is 5.92 Å². The highest BCUT2D eigenvalue weighted by atomic mass is 16.5. The molecule has 0 unspecified atom stereocenters. The maximum atomic E-state index is 13.0. The Labute approximate surface area is 190 Å². The number of carbonyl (C=O) groups is 2. The number of hydrogen-bond acceptors (Lipinski definition) is 7. The van der Waals surface area contributed by atoms with Gasteiger partial charge < -0.3 is 25.2 Å². The lowest BCUT2D eigenvalue weighted by Gasteiger charge is -2.31. The summed E-state index contributed by atoms with van der Waals surface area (Å²) in [5.41, 5.74) is -0.301. The monoisotopic (exact) mass is 459 g/mol. The van der Waals surface area contributed by atoms with Gasteiger partial charge in [-0.1, -0.05) is 13.8 Å². The van der Waals surface area contributed by atoms with E-state index in [-0.39, 0.29) is 36.6 Å². The molecule has 2 aromatic heterocycles. The molecule has 4 rings (SSSR count). The van der Waals surface area contributed by atoms with Gasteiger partial charge in [0, 0.05) is 37.3 Å². The summed E-state index contributed by atoms with van der Waals surface area (Å²) in [6.07, 6.45) is 5.61. The molecule has 0 radical (unpaired) electrons. The summed E-state index contributed by atoms with van der Waals surface area (Å²) < 4.78 is 7.95. The predicted octanol–water partition coefficient (Wildman–Crippen LogP) is -0.0173. The Balaban J connectivity index is 1.71. The summed E-state index contributed by atoms with van der Waals surface area (Å²) in [6, 6.07) is 0.0262. The average molecular weight is 460 g/mol. The molecule has 1 aliphatic heterocycles. The molecule has 0 spiro atoms. The van der Waals surface area contributed by atoms with Crippen LogP contribution in [-0.2, 0) is 16.1 Å². The van der Waals surface area contributed by atoms with Gasteiger partial charge in [0.25, 0.3) is 11.5 Å².